The molecular formula is C14H20N2O3. The molecule has 19 heavy (non-hydrogen) atoms. The number of ether oxygens (including phenoxy) is 1. The lowest BCUT2D eigenvalue weighted by molar-refractivity contribution is -0.133. The van der Waals surface area contributed by atoms with Crippen LogP contribution in [0.15, 0.2) is 24.3 Å². The molecule has 0 aromatic heterocycles. The van der Waals surface area contributed by atoms with Crippen LogP contribution in [0.4, 0.5) is 5.69 Å². The van der Waals surface area contributed by atoms with Crippen LogP contribution in [0.5, 0.6) is 0 Å². The quantitative estimate of drug-likeness (QED) is 0.843. The number of amides is 2. The van der Waals surface area contributed by atoms with Gasteiger partial charge in [0.25, 0.3) is 5.91 Å². The predicted molar refractivity (Wildman–Crippen MR) is 73.9 cm³/mol. The second kappa shape index (κ2) is 6.33. The number of nitrogens with one attached hydrogen (secondary N) is 2. The largest absolute Gasteiger partial charge is 0.369 e. The fourth-order valence-electron chi connectivity index (χ4n) is 1.42. The first kappa shape index (κ1) is 15.2. The standard InChI is InChI=1S/C14H20N2O3/c1-14(2,19-4)13(18)16-11-8-6-5-7-10(11)9-12(17)15-3/h5-8H,9H2,1-4H3,(H,15,17)(H,16,18). The van der Waals surface area contributed by atoms with E-state index < -0.39 is 5.60 Å². The summed E-state index contributed by atoms with van der Waals surface area (Å²) in [5.74, 6) is -0.355. The molecule has 5 nitrogen and oxygen atoms in total. The summed E-state index contributed by atoms with van der Waals surface area (Å²) in [5.41, 5.74) is 0.475. The molecule has 0 saturated heterocycles. The summed E-state index contributed by atoms with van der Waals surface area (Å²) >= 11 is 0. The van der Waals surface area contributed by atoms with Gasteiger partial charge in [0.05, 0.1) is 6.42 Å². The van der Waals surface area contributed by atoms with Crippen molar-refractivity contribution in [3.8, 4) is 0 Å². The third-order valence-electron chi connectivity index (χ3n) is 2.95. The van der Waals surface area contributed by atoms with Crippen molar-refractivity contribution in [1.29, 1.82) is 0 Å². The summed E-state index contributed by atoms with van der Waals surface area (Å²) in [5, 5.41) is 5.35. The number of benzene rings is 1. The second-order valence-corrected chi connectivity index (χ2v) is 4.68. The van der Waals surface area contributed by atoms with E-state index >= 15 is 0 Å². The number of anilines is 1. The highest BCUT2D eigenvalue weighted by Crippen LogP contribution is 2.18. The molecule has 2 amide bonds. The number of hydrogen-bond acceptors (Lipinski definition) is 3. The monoisotopic (exact) mass is 264 g/mol. The van der Waals surface area contributed by atoms with Crippen molar-refractivity contribution < 1.29 is 14.3 Å². The van der Waals surface area contributed by atoms with Gasteiger partial charge in [0.1, 0.15) is 5.60 Å². The minimum atomic E-state index is -0.917. The second-order valence-electron chi connectivity index (χ2n) is 4.68. The van der Waals surface area contributed by atoms with Crippen molar-refractivity contribution in [2.75, 3.05) is 19.5 Å². The van der Waals surface area contributed by atoms with Gasteiger partial charge >= 0.3 is 0 Å². The van der Waals surface area contributed by atoms with Gasteiger partial charge in [0.15, 0.2) is 0 Å². The zero-order valence-corrected chi connectivity index (χ0v) is 11.7. The van der Waals surface area contributed by atoms with Crippen LogP contribution in [0.1, 0.15) is 19.4 Å². The fourth-order valence-corrected chi connectivity index (χ4v) is 1.42. The first-order valence-electron chi connectivity index (χ1n) is 6.06. The van der Waals surface area contributed by atoms with Crippen molar-refractivity contribution in [3.63, 3.8) is 0 Å². The Morgan fingerprint density at radius 2 is 1.89 bits per heavy atom. The summed E-state index contributed by atoms with van der Waals surface area (Å²) in [6, 6.07) is 7.21. The molecule has 0 aliphatic carbocycles. The van der Waals surface area contributed by atoms with Crippen molar-refractivity contribution in [3.05, 3.63) is 29.8 Å². The van der Waals surface area contributed by atoms with Crippen LogP contribution in [-0.2, 0) is 20.7 Å². The number of rotatable bonds is 5. The summed E-state index contributed by atoms with van der Waals surface area (Å²) in [7, 11) is 3.06. The lowest BCUT2D eigenvalue weighted by Gasteiger charge is -2.22. The highest BCUT2D eigenvalue weighted by atomic mass is 16.5. The zero-order chi connectivity index (χ0) is 14.5. The molecule has 5 heteroatoms. The molecule has 0 bridgehead atoms. The highest BCUT2D eigenvalue weighted by Gasteiger charge is 2.27. The Labute approximate surface area is 113 Å². The summed E-state index contributed by atoms with van der Waals surface area (Å²) < 4.78 is 5.12. The molecule has 0 radical (unpaired) electrons. The SMILES string of the molecule is CNC(=O)Cc1ccccc1NC(=O)C(C)(C)OC. The van der Waals surface area contributed by atoms with Gasteiger partial charge in [0.2, 0.25) is 5.91 Å². The van der Waals surface area contributed by atoms with E-state index in [0.29, 0.717) is 5.69 Å². The molecule has 0 aliphatic heterocycles. The van der Waals surface area contributed by atoms with Crippen LogP contribution in [-0.4, -0.2) is 31.6 Å². The molecule has 0 spiro atoms. The van der Waals surface area contributed by atoms with E-state index in [4.69, 9.17) is 4.74 Å². The van der Waals surface area contributed by atoms with Crippen LogP contribution in [0, 0.1) is 0 Å². The molecule has 0 unspecified atom stereocenters. The Hall–Kier alpha value is -1.88. The summed E-state index contributed by atoms with van der Waals surface area (Å²) in [6.07, 6.45) is 0.223. The maximum Gasteiger partial charge on any atom is 0.256 e. The molecule has 0 fully saturated rings. The zero-order valence-electron chi connectivity index (χ0n) is 11.7. The summed E-state index contributed by atoms with van der Waals surface area (Å²) in [6.45, 7) is 3.37. The van der Waals surface area contributed by atoms with E-state index in [9.17, 15) is 9.59 Å². The Bertz CT molecular complexity index is 470. The van der Waals surface area contributed by atoms with Gasteiger partial charge in [-0.25, -0.2) is 0 Å². The Kier molecular flexibility index (Phi) is 5.06. The van der Waals surface area contributed by atoms with Gasteiger partial charge in [0, 0.05) is 19.8 Å². The van der Waals surface area contributed by atoms with Crippen molar-refractivity contribution in [2.24, 2.45) is 0 Å². The average Bonchev–Trinajstić information content (AvgIpc) is 2.40. The van der Waals surface area contributed by atoms with Gasteiger partial charge < -0.3 is 15.4 Å². The van der Waals surface area contributed by atoms with E-state index in [-0.39, 0.29) is 18.2 Å². The number of carbonyl (C=O) groups excluding carboxylic acids is 2. The van der Waals surface area contributed by atoms with Gasteiger partial charge in [-0.1, -0.05) is 18.2 Å². The van der Waals surface area contributed by atoms with E-state index in [1.165, 1.54) is 7.11 Å². The van der Waals surface area contributed by atoms with Gasteiger partial charge in [-0.05, 0) is 25.5 Å². The molecule has 0 saturated carbocycles. The predicted octanol–water partition coefficient (Wildman–Crippen LogP) is 1.34. The van der Waals surface area contributed by atoms with Crippen LogP contribution in [0.3, 0.4) is 0 Å². The van der Waals surface area contributed by atoms with Crippen molar-refractivity contribution in [2.45, 2.75) is 25.9 Å². The normalized spacial score (nSPS) is 10.9. The first-order chi connectivity index (χ1) is 8.90. The molecule has 0 atom stereocenters. The minimum absolute atomic E-state index is 0.104. The first-order valence-corrected chi connectivity index (χ1v) is 6.06. The molecule has 1 rings (SSSR count). The smallest absolute Gasteiger partial charge is 0.256 e. The molecule has 0 aliphatic rings. The highest BCUT2D eigenvalue weighted by molar-refractivity contribution is 5.97. The van der Waals surface area contributed by atoms with Crippen LogP contribution in [0.25, 0.3) is 0 Å². The topological polar surface area (TPSA) is 67.4 Å². The lowest BCUT2D eigenvalue weighted by atomic mass is 10.1. The van der Waals surface area contributed by atoms with Crippen molar-refractivity contribution >= 4 is 17.5 Å². The molecule has 2 N–H and O–H groups in total. The van der Waals surface area contributed by atoms with E-state index in [0.717, 1.165) is 5.56 Å². The fraction of sp³-hybridized carbons (Fsp3) is 0.429. The van der Waals surface area contributed by atoms with Crippen LogP contribution >= 0.6 is 0 Å². The van der Waals surface area contributed by atoms with E-state index in [1.807, 2.05) is 18.2 Å². The molecule has 0 heterocycles. The maximum absolute atomic E-state index is 12.0. The minimum Gasteiger partial charge on any atom is -0.369 e. The molecular weight excluding hydrogens is 244 g/mol. The van der Waals surface area contributed by atoms with Gasteiger partial charge in [-0.15, -0.1) is 0 Å². The maximum atomic E-state index is 12.0. The van der Waals surface area contributed by atoms with Crippen molar-refractivity contribution in [1.82, 2.24) is 5.32 Å². The average molecular weight is 264 g/mol. The number of likely N-dealkylation sites (N-methyl/N-ethyl adjacent to an activating group) is 1. The van der Waals surface area contributed by atoms with Gasteiger partial charge in [-0.2, -0.15) is 0 Å². The van der Waals surface area contributed by atoms with Crippen LogP contribution in [0.2, 0.25) is 0 Å². The number of para-hydroxylation sites is 1. The Morgan fingerprint density at radius 1 is 1.26 bits per heavy atom. The van der Waals surface area contributed by atoms with Gasteiger partial charge in [-0.3, -0.25) is 9.59 Å². The Balaban J connectivity index is 2.89. The lowest BCUT2D eigenvalue weighted by Crippen LogP contribution is -2.39. The Morgan fingerprint density at radius 3 is 2.47 bits per heavy atom. The number of methoxy groups -OCH3 is 1. The third-order valence-corrected chi connectivity index (χ3v) is 2.95. The summed E-state index contributed by atoms with van der Waals surface area (Å²) in [4.78, 5) is 23.5. The third kappa shape index (κ3) is 4.06. The number of carbonyl (C=O) groups is 2. The van der Waals surface area contributed by atoms with E-state index in [2.05, 4.69) is 10.6 Å². The molecule has 1 aromatic carbocycles. The number of hydrogen-bond donors (Lipinski definition) is 2. The molecule has 1 aromatic rings. The van der Waals surface area contributed by atoms with Crippen LogP contribution < -0.4 is 10.6 Å². The molecule has 104 valence electrons. The van der Waals surface area contributed by atoms with E-state index in [1.54, 1.807) is 27.0 Å².